The number of benzene rings is 1. The molecule has 4 rings (SSSR count). The van der Waals surface area contributed by atoms with Crippen molar-refractivity contribution in [2.24, 2.45) is 0 Å². The zero-order valence-electron chi connectivity index (χ0n) is 11.1. The Hall–Kier alpha value is -1.51. The van der Waals surface area contributed by atoms with Gasteiger partial charge in [0.05, 0.1) is 5.41 Å². The number of carboxylic acids is 1. The second-order valence-corrected chi connectivity index (χ2v) is 6.22. The number of aliphatic carboxylic acids is 1. The molecule has 100 valence electrons. The maximum absolute atomic E-state index is 11.7. The first-order chi connectivity index (χ1) is 9.21. The van der Waals surface area contributed by atoms with Gasteiger partial charge in [0.2, 0.25) is 0 Å². The number of hydrogen-bond donors (Lipinski definition) is 1. The summed E-state index contributed by atoms with van der Waals surface area (Å²) in [5.41, 5.74) is 4.71. The quantitative estimate of drug-likeness (QED) is 0.885. The molecule has 1 fully saturated rings. The van der Waals surface area contributed by atoms with Crippen LogP contribution >= 0.6 is 0 Å². The summed E-state index contributed by atoms with van der Waals surface area (Å²) in [4.78, 5) is 14.2. The van der Waals surface area contributed by atoms with Crippen LogP contribution in [0.15, 0.2) is 12.1 Å². The van der Waals surface area contributed by atoms with E-state index in [1.807, 2.05) is 0 Å². The molecule has 3 heteroatoms. The van der Waals surface area contributed by atoms with Gasteiger partial charge in [0.15, 0.2) is 0 Å². The van der Waals surface area contributed by atoms with Crippen molar-refractivity contribution in [3.05, 3.63) is 28.8 Å². The van der Waals surface area contributed by atoms with Crippen molar-refractivity contribution in [2.45, 2.75) is 43.9 Å². The molecule has 1 aliphatic carbocycles. The van der Waals surface area contributed by atoms with Crippen LogP contribution in [0, 0.1) is 0 Å². The Morgan fingerprint density at radius 3 is 2.47 bits per heavy atom. The third kappa shape index (κ3) is 1.41. The largest absolute Gasteiger partial charge is 0.481 e. The number of nitrogens with zero attached hydrogens (tertiary/aromatic N) is 1. The van der Waals surface area contributed by atoms with Crippen LogP contribution in [0.1, 0.15) is 42.4 Å². The van der Waals surface area contributed by atoms with Gasteiger partial charge in [-0.25, -0.2) is 0 Å². The maximum atomic E-state index is 11.7. The highest BCUT2D eigenvalue weighted by molar-refractivity contribution is 5.83. The summed E-state index contributed by atoms with van der Waals surface area (Å²) in [6, 6.07) is 4.39. The standard InChI is InChI=1S/C16H19NO2/c18-15(19)16(5-2-6-16)13-9-11-3-1-7-17-8-4-12(10-13)14(11)17/h9-10H,1-8H2,(H,18,19). The highest BCUT2D eigenvalue weighted by Crippen LogP contribution is 2.47. The molecule has 0 aromatic heterocycles. The molecule has 2 aliphatic heterocycles. The number of hydrogen-bond acceptors (Lipinski definition) is 2. The smallest absolute Gasteiger partial charge is 0.314 e. The number of anilines is 1. The molecular weight excluding hydrogens is 238 g/mol. The summed E-state index contributed by atoms with van der Waals surface area (Å²) < 4.78 is 0. The van der Waals surface area contributed by atoms with Gasteiger partial charge in [0, 0.05) is 18.8 Å². The first-order valence-electron chi connectivity index (χ1n) is 7.35. The van der Waals surface area contributed by atoms with Crippen molar-refractivity contribution in [1.29, 1.82) is 0 Å². The average Bonchev–Trinajstić information content (AvgIpc) is 2.73. The summed E-state index contributed by atoms with van der Waals surface area (Å²) in [6.07, 6.45) is 6.07. The minimum Gasteiger partial charge on any atom is -0.481 e. The van der Waals surface area contributed by atoms with Gasteiger partial charge in [-0.15, -0.1) is 0 Å². The minimum atomic E-state index is -0.628. The van der Waals surface area contributed by atoms with E-state index in [2.05, 4.69) is 17.0 Å². The number of rotatable bonds is 2. The molecule has 0 spiro atoms. The average molecular weight is 257 g/mol. The topological polar surface area (TPSA) is 40.5 Å². The Bertz CT molecular complexity index is 560. The predicted molar refractivity (Wildman–Crippen MR) is 73.8 cm³/mol. The molecule has 0 unspecified atom stereocenters. The van der Waals surface area contributed by atoms with Gasteiger partial charge < -0.3 is 10.0 Å². The van der Waals surface area contributed by atoms with Crippen LogP contribution in [0.2, 0.25) is 0 Å². The van der Waals surface area contributed by atoms with Gasteiger partial charge in [0.25, 0.3) is 0 Å². The van der Waals surface area contributed by atoms with Crippen LogP contribution in [0.25, 0.3) is 0 Å². The molecule has 0 bridgehead atoms. The van der Waals surface area contributed by atoms with Gasteiger partial charge in [-0.05, 0) is 48.8 Å². The first kappa shape index (κ1) is 11.3. The fourth-order valence-electron chi connectivity index (χ4n) is 4.03. The highest BCUT2D eigenvalue weighted by atomic mass is 16.4. The Morgan fingerprint density at radius 2 is 1.84 bits per heavy atom. The van der Waals surface area contributed by atoms with E-state index in [0.717, 1.165) is 44.2 Å². The molecule has 3 nitrogen and oxygen atoms in total. The third-order valence-corrected chi connectivity index (χ3v) is 5.28. The minimum absolute atomic E-state index is 0.573. The van der Waals surface area contributed by atoms with Crippen LogP contribution in [0.5, 0.6) is 0 Å². The van der Waals surface area contributed by atoms with Gasteiger partial charge in [-0.1, -0.05) is 18.6 Å². The summed E-state index contributed by atoms with van der Waals surface area (Å²) in [6.45, 7) is 2.29. The summed E-state index contributed by atoms with van der Waals surface area (Å²) in [5.74, 6) is -0.628. The van der Waals surface area contributed by atoms with Crippen molar-refractivity contribution in [3.8, 4) is 0 Å². The van der Waals surface area contributed by atoms with E-state index >= 15 is 0 Å². The lowest BCUT2D eigenvalue weighted by Crippen LogP contribution is -2.42. The van der Waals surface area contributed by atoms with Crippen molar-refractivity contribution in [3.63, 3.8) is 0 Å². The Balaban J connectivity index is 1.85. The first-order valence-corrected chi connectivity index (χ1v) is 7.35. The number of aryl methyl sites for hydroxylation is 1. The van der Waals surface area contributed by atoms with Gasteiger partial charge >= 0.3 is 5.97 Å². The summed E-state index contributed by atoms with van der Waals surface area (Å²) in [5, 5.41) is 9.60. The van der Waals surface area contributed by atoms with Crippen LogP contribution in [-0.4, -0.2) is 24.2 Å². The lowest BCUT2D eigenvalue weighted by molar-refractivity contribution is -0.147. The molecule has 1 N–H and O–H groups in total. The van der Waals surface area contributed by atoms with E-state index in [0.29, 0.717) is 0 Å². The summed E-state index contributed by atoms with van der Waals surface area (Å²) >= 11 is 0. The van der Waals surface area contributed by atoms with Gasteiger partial charge in [0.1, 0.15) is 0 Å². The number of carboxylic acid groups (broad SMARTS) is 1. The molecule has 2 heterocycles. The van der Waals surface area contributed by atoms with Crippen LogP contribution in [0.4, 0.5) is 5.69 Å². The molecule has 3 aliphatic rings. The molecule has 1 aromatic rings. The monoisotopic (exact) mass is 257 g/mol. The zero-order chi connectivity index (χ0) is 13.0. The highest BCUT2D eigenvalue weighted by Gasteiger charge is 2.46. The van der Waals surface area contributed by atoms with Crippen LogP contribution in [-0.2, 0) is 23.1 Å². The zero-order valence-corrected chi connectivity index (χ0v) is 11.1. The molecule has 0 atom stereocenters. The van der Waals surface area contributed by atoms with Crippen molar-refractivity contribution in [2.75, 3.05) is 18.0 Å². The molecule has 0 radical (unpaired) electrons. The second-order valence-electron chi connectivity index (χ2n) is 6.22. The number of carbonyl (C=O) groups is 1. The normalized spacial score (nSPS) is 22.8. The van der Waals surface area contributed by atoms with E-state index in [-0.39, 0.29) is 0 Å². The molecule has 19 heavy (non-hydrogen) atoms. The molecular formula is C16H19NO2. The molecule has 1 saturated carbocycles. The lowest BCUT2D eigenvalue weighted by atomic mass is 9.64. The van der Waals surface area contributed by atoms with E-state index in [9.17, 15) is 9.90 Å². The van der Waals surface area contributed by atoms with E-state index in [4.69, 9.17) is 0 Å². The third-order valence-electron chi connectivity index (χ3n) is 5.28. The summed E-state index contributed by atoms with van der Waals surface area (Å²) in [7, 11) is 0. The van der Waals surface area contributed by atoms with Crippen LogP contribution in [0.3, 0.4) is 0 Å². The Kier molecular flexibility index (Phi) is 2.23. The van der Waals surface area contributed by atoms with Gasteiger partial charge in [-0.2, -0.15) is 0 Å². The van der Waals surface area contributed by atoms with Crippen molar-refractivity contribution >= 4 is 11.7 Å². The predicted octanol–water partition coefficient (Wildman–Crippen LogP) is 2.50. The maximum Gasteiger partial charge on any atom is 0.314 e. The second kappa shape index (κ2) is 3.75. The van der Waals surface area contributed by atoms with E-state index in [1.165, 1.54) is 29.8 Å². The lowest BCUT2D eigenvalue weighted by Gasteiger charge is -2.39. The van der Waals surface area contributed by atoms with Crippen molar-refractivity contribution in [1.82, 2.24) is 0 Å². The van der Waals surface area contributed by atoms with E-state index in [1.54, 1.807) is 0 Å². The Morgan fingerprint density at radius 1 is 1.11 bits per heavy atom. The molecule has 0 saturated heterocycles. The van der Waals surface area contributed by atoms with Gasteiger partial charge in [-0.3, -0.25) is 4.79 Å². The van der Waals surface area contributed by atoms with E-state index < -0.39 is 11.4 Å². The van der Waals surface area contributed by atoms with Crippen LogP contribution < -0.4 is 4.90 Å². The fourth-order valence-corrected chi connectivity index (χ4v) is 4.03. The fraction of sp³-hybridized carbons (Fsp3) is 0.562. The SMILES string of the molecule is O=C(O)C1(c2cc3c4c(c2)CCN4CCC3)CCC1. The Labute approximate surface area is 113 Å². The molecule has 0 amide bonds. The van der Waals surface area contributed by atoms with Crippen molar-refractivity contribution < 1.29 is 9.90 Å². The molecule has 1 aromatic carbocycles.